The molecule has 2 amide bonds. The van der Waals surface area contributed by atoms with E-state index in [2.05, 4.69) is 66.1 Å². The number of carbonyl (C=O) groups excluding carboxylic acids is 2. The van der Waals surface area contributed by atoms with Gasteiger partial charge in [-0.15, -0.1) is 0 Å². The van der Waals surface area contributed by atoms with Gasteiger partial charge in [-0.1, -0.05) is 28.9 Å². The molecule has 2 aliphatic heterocycles. The number of thiocarbonyl (C=S) groups is 1. The number of fused-ring (bicyclic) bond motifs is 1. The number of carbonyl (C=O) groups is 2. The van der Waals surface area contributed by atoms with Crippen LogP contribution in [0.3, 0.4) is 0 Å². The topological polar surface area (TPSA) is 52.7 Å². The molecule has 1 N–H and O–H groups in total. The number of hydrogen-bond acceptors (Lipinski definition) is 4. The Balaban J connectivity index is 1.78. The molecule has 4 rings (SSSR count). The molecule has 0 aromatic heterocycles. The number of aryl methyl sites for hydroxylation is 1. The van der Waals surface area contributed by atoms with E-state index in [1.54, 1.807) is 18.2 Å². The van der Waals surface area contributed by atoms with Gasteiger partial charge in [0, 0.05) is 22.7 Å². The molecule has 0 bridgehead atoms. The van der Waals surface area contributed by atoms with Crippen molar-refractivity contribution in [3.05, 3.63) is 63.1 Å². The van der Waals surface area contributed by atoms with Crippen molar-refractivity contribution in [1.29, 1.82) is 0 Å². The molecule has 1 saturated heterocycles. The molecule has 7 heteroatoms. The molecule has 2 aliphatic rings. The second-order valence-corrected chi connectivity index (χ2v) is 10.5. The summed E-state index contributed by atoms with van der Waals surface area (Å²) in [6.07, 6.45) is 2.71. The van der Waals surface area contributed by atoms with E-state index in [4.69, 9.17) is 12.2 Å². The fraction of sp³-hybridized carbons (Fsp3) is 0.320. The third-order valence-electron chi connectivity index (χ3n) is 6.49. The number of anilines is 2. The van der Waals surface area contributed by atoms with Crippen molar-refractivity contribution in [2.45, 2.75) is 45.6 Å². The summed E-state index contributed by atoms with van der Waals surface area (Å²) >= 11 is 8.73. The van der Waals surface area contributed by atoms with E-state index in [0.717, 1.165) is 22.0 Å². The average molecular weight is 512 g/mol. The van der Waals surface area contributed by atoms with Crippen LogP contribution in [-0.2, 0) is 9.59 Å². The summed E-state index contributed by atoms with van der Waals surface area (Å²) in [6.45, 7) is 8.74. The maximum Gasteiger partial charge on any atom is 0.270 e. The summed E-state index contributed by atoms with van der Waals surface area (Å²) in [5.74, 6) is -0.537. The molecule has 2 heterocycles. The van der Waals surface area contributed by atoms with Crippen LogP contribution < -0.4 is 15.1 Å². The van der Waals surface area contributed by atoms with Gasteiger partial charge in [-0.3, -0.25) is 19.8 Å². The highest BCUT2D eigenvalue weighted by Crippen LogP contribution is 2.43. The van der Waals surface area contributed by atoms with Gasteiger partial charge in [-0.25, -0.2) is 0 Å². The Morgan fingerprint density at radius 3 is 2.62 bits per heavy atom. The zero-order valence-corrected chi connectivity index (χ0v) is 21.2. The Hall–Kier alpha value is -2.51. The van der Waals surface area contributed by atoms with Crippen molar-refractivity contribution in [2.75, 3.05) is 16.8 Å². The van der Waals surface area contributed by atoms with Crippen molar-refractivity contribution < 1.29 is 9.59 Å². The van der Waals surface area contributed by atoms with E-state index in [9.17, 15) is 9.59 Å². The lowest BCUT2D eigenvalue weighted by atomic mass is 9.79. The summed E-state index contributed by atoms with van der Waals surface area (Å²) in [5, 5.41) is 2.74. The molecule has 2 aromatic rings. The van der Waals surface area contributed by atoms with Crippen LogP contribution in [0.15, 0.2) is 46.4 Å². The minimum absolute atomic E-state index is 0.0677. The molecule has 0 radical (unpaired) electrons. The van der Waals surface area contributed by atoms with E-state index in [-0.39, 0.29) is 16.2 Å². The Bertz CT molecular complexity index is 1190. The van der Waals surface area contributed by atoms with Gasteiger partial charge in [0.2, 0.25) is 0 Å². The molecule has 1 atom stereocenters. The van der Waals surface area contributed by atoms with Crippen LogP contribution in [-0.4, -0.2) is 29.5 Å². The zero-order valence-electron chi connectivity index (χ0n) is 18.8. The molecule has 0 saturated carbocycles. The number of benzene rings is 2. The van der Waals surface area contributed by atoms with Gasteiger partial charge in [0.25, 0.3) is 11.8 Å². The first kappa shape index (κ1) is 22.7. The largest absolute Gasteiger partial charge is 0.369 e. The Morgan fingerprint density at radius 2 is 1.94 bits per heavy atom. The fourth-order valence-electron chi connectivity index (χ4n) is 4.55. The van der Waals surface area contributed by atoms with Gasteiger partial charge >= 0.3 is 0 Å². The highest BCUT2D eigenvalue weighted by atomic mass is 79.9. The number of amides is 2. The predicted molar refractivity (Wildman–Crippen MR) is 137 cm³/mol. The SMILES string of the molecule is Cc1cc2c(cc1/C=C1\C(=O)NC(=S)N(c3cccc(Br)c3)C1=O)[C@H](C)CC(C)(C)N2C. The minimum Gasteiger partial charge on any atom is -0.369 e. The monoisotopic (exact) mass is 511 g/mol. The molecule has 166 valence electrons. The van der Waals surface area contributed by atoms with E-state index in [1.807, 2.05) is 19.1 Å². The molecule has 32 heavy (non-hydrogen) atoms. The summed E-state index contributed by atoms with van der Waals surface area (Å²) in [5.41, 5.74) is 5.04. The number of hydrogen-bond donors (Lipinski definition) is 1. The number of nitrogens with zero attached hydrogens (tertiary/aromatic N) is 2. The molecular formula is C25H26BrN3O2S. The molecule has 0 spiro atoms. The Kier molecular flexibility index (Phi) is 5.75. The first-order valence-corrected chi connectivity index (χ1v) is 11.7. The van der Waals surface area contributed by atoms with Gasteiger partial charge in [0.05, 0.1) is 5.69 Å². The second kappa shape index (κ2) is 8.12. The van der Waals surface area contributed by atoms with Gasteiger partial charge in [-0.2, -0.15) is 0 Å². The van der Waals surface area contributed by atoms with Crippen molar-refractivity contribution in [3.8, 4) is 0 Å². The van der Waals surface area contributed by atoms with Gasteiger partial charge in [0.1, 0.15) is 5.57 Å². The third kappa shape index (κ3) is 3.88. The summed E-state index contributed by atoms with van der Waals surface area (Å²) < 4.78 is 0.819. The lowest BCUT2D eigenvalue weighted by Crippen LogP contribution is -2.54. The predicted octanol–water partition coefficient (Wildman–Crippen LogP) is 5.31. The second-order valence-electron chi connectivity index (χ2n) is 9.18. The standard InChI is InChI=1S/C25H26BrN3O2S/c1-14-9-21-19(15(2)13-25(3,4)28(21)5)10-16(14)11-20-22(30)27-24(32)29(23(20)31)18-8-6-7-17(26)12-18/h6-12,15H,13H2,1-5H3,(H,27,30,32)/b20-11+/t15-/m1/s1. The van der Waals surface area contributed by atoms with E-state index < -0.39 is 11.8 Å². The summed E-state index contributed by atoms with van der Waals surface area (Å²) in [4.78, 5) is 29.8. The van der Waals surface area contributed by atoms with Crippen LogP contribution in [0.1, 0.15) is 49.8 Å². The zero-order chi connectivity index (χ0) is 23.4. The van der Waals surface area contributed by atoms with Crippen molar-refractivity contribution in [1.82, 2.24) is 5.32 Å². The third-order valence-corrected chi connectivity index (χ3v) is 7.27. The minimum atomic E-state index is -0.477. The molecule has 0 unspecified atom stereocenters. The Morgan fingerprint density at radius 1 is 1.22 bits per heavy atom. The van der Waals surface area contributed by atoms with Crippen molar-refractivity contribution >= 4 is 62.5 Å². The number of halogens is 1. The summed E-state index contributed by atoms with van der Waals surface area (Å²) in [6, 6.07) is 11.5. The van der Waals surface area contributed by atoms with Crippen LogP contribution in [0.25, 0.3) is 6.08 Å². The summed E-state index contributed by atoms with van der Waals surface area (Å²) in [7, 11) is 2.12. The Labute approximate surface area is 202 Å². The molecule has 2 aromatic carbocycles. The molecule has 0 aliphatic carbocycles. The van der Waals surface area contributed by atoms with Crippen molar-refractivity contribution in [2.24, 2.45) is 0 Å². The normalized spacial score (nSPS) is 21.6. The van der Waals surface area contributed by atoms with Crippen LogP contribution >= 0.6 is 28.1 Å². The maximum absolute atomic E-state index is 13.3. The fourth-order valence-corrected chi connectivity index (χ4v) is 5.22. The van der Waals surface area contributed by atoms with Gasteiger partial charge in [0.15, 0.2) is 5.11 Å². The lowest BCUT2D eigenvalue weighted by molar-refractivity contribution is -0.122. The molecule has 1 fully saturated rings. The number of rotatable bonds is 2. The highest BCUT2D eigenvalue weighted by Gasteiger charge is 2.36. The van der Waals surface area contributed by atoms with Gasteiger partial charge < -0.3 is 4.90 Å². The number of nitrogens with one attached hydrogen (secondary N) is 1. The quantitative estimate of drug-likeness (QED) is 0.337. The average Bonchev–Trinajstić information content (AvgIpc) is 2.69. The van der Waals surface area contributed by atoms with Crippen LogP contribution in [0.2, 0.25) is 0 Å². The van der Waals surface area contributed by atoms with E-state index >= 15 is 0 Å². The highest BCUT2D eigenvalue weighted by molar-refractivity contribution is 9.10. The van der Waals surface area contributed by atoms with E-state index in [1.165, 1.54) is 16.2 Å². The van der Waals surface area contributed by atoms with Crippen molar-refractivity contribution in [3.63, 3.8) is 0 Å². The van der Waals surface area contributed by atoms with Crippen LogP contribution in [0, 0.1) is 6.92 Å². The first-order valence-electron chi connectivity index (χ1n) is 10.5. The van der Waals surface area contributed by atoms with E-state index in [0.29, 0.717) is 11.6 Å². The lowest BCUT2D eigenvalue weighted by Gasteiger charge is -2.45. The molecular weight excluding hydrogens is 486 g/mol. The van der Waals surface area contributed by atoms with Crippen LogP contribution in [0.5, 0.6) is 0 Å². The van der Waals surface area contributed by atoms with Gasteiger partial charge in [-0.05, 0) is 98.4 Å². The maximum atomic E-state index is 13.3. The van der Waals surface area contributed by atoms with Crippen LogP contribution in [0.4, 0.5) is 11.4 Å². The molecule has 5 nitrogen and oxygen atoms in total. The smallest absolute Gasteiger partial charge is 0.270 e. The first-order chi connectivity index (χ1) is 15.0.